The number of nitrogens with two attached hydrogens (primary N) is 1. The van der Waals surface area contributed by atoms with Gasteiger partial charge in [-0.05, 0) is 25.0 Å². The second kappa shape index (κ2) is 6.23. The fourth-order valence-electron chi connectivity index (χ4n) is 2.65. The van der Waals surface area contributed by atoms with Crippen molar-refractivity contribution in [3.8, 4) is 0 Å². The van der Waals surface area contributed by atoms with E-state index in [2.05, 4.69) is 0 Å². The Balaban J connectivity index is 2.36. The van der Waals surface area contributed by atoms with Crippen LogP contribution in [-0.4, -0.2) is 34.2 Å². The third kappa shape index (κ3) is 2.59. The highest BCUT2D eigenvalue weighted by Crippen LogP contribution is 2.29. The van der Waals surface area contributed by atoms with Gasteiger partial charge in [0.25, 0.3) is 11.8 Å². The summed E-state index contributed by atoms with van der Waals surface area (Å²) in [5.74, 6) is 3.80. The van der Waals surface area contributed by atoms with Gasteiger partial charge in [-0.1, -0.05) is 19.4 Å². The zero-order valence-electron chi connectivity index (χ0n) is 12.5. The number of nitrogens with zero attached hydrogens (tertiary/aromatic N) is 2. The van der Waals surface area contributed by atoms with Crippen molar-refractivity contribution in [2.45, 2.75) is 39.3 Å². The fourth-order valence-corrected chi connectivity index (χ4v) is 2.65. The van der Waals surface area contributed by atoms with Gasteiger partial charge in [-0.2, -0.15) is 0 Å². The van der Waals surface area contributed by atoms with Gasteiger partial charge in [-0.15, -0.1) is 0 Å². The van der Waals surface area contributed by atoms with Gasteiger partial charge in [0, 0.05) is 11.1 Å². The minimum atomic E-state index is -0.875. The van der Waals surface area contributed by atoms with Crippen LogP contribution in [0.25, 0.3) is 0 Å². The van der Waals surface area contributed by atoms with E-state index in [9.17, 15) is 18.8 Å². The maximum atomic E-state index is 14.2. The summed E-state index contributed by atoms with van der Waals surface area (Å²) < 4.78 is 14.2. The van der Waals surface area contributed by atoms with Gasteiger partial charge < -0.3 is 4.90 Å². The molecule has 1 unspecified atom stereocenters. The molecule has 0 saturated heterocycles. The van der Waals surface area contributed by atoms with E-state index in [1.54, 1.807) is 13.0 Å². The number of aryl methyl sites for hydroxylation is 1. The van der Waals surface area contributed by atoms with Crippen LogP contribution in [0.3, 0.4) is 0 Å². The van der Waals surface area contributed by atoms with Crippen LogP contribution in [-0.2, 0) is 16.1 Å². The lowest BCUT2D eigenvalue weighted by atomic mass is 10.1. The Kier molecular flexibility index (Phi) is 4.56. The molecule has 0 bridgehead atoms. The predicted octanol–water partition coefficient (Wildman–Crippen LogP) is 1.12. The molecule has 1 heterocycles. The van der Waals surface area contributed by atoms with Gasteiger partial charge in [-0.25, -0.2) is 15.2 Å². The summed E-state index contributed by atoms with van der Waals surface area (Å²) in [6.07, 6.45) is 1.16. The van der Waals surface area contributed by atoms with Crippen molar-refractivity contribution in [2.24, 2.45) is 5.84 Å². The number of hydrogen-bond donors (Lipinski definition) is 1. The molecule has 0 aromatic heterocycles. The van der Waals surface area contributed by atoms with Crippen LogP contribution >= 0.6 is 0 Å². The highest BCUT2D eigenvalue weighted by atomic mass is 19.1. The molecular formula is C15H18FN3O3. The van der Waals surface area contributed by atoms with E-state index in [-0.39, 0.29) is 24.1 Å². The van der Waals surface area contributed by atoms with Gasteiger partial charge in [0.1, 0.15) is 11.9 Å². The van der Waals surface area contributed by atoms with Crippen molar-refractivity contribution in [2.75, 3.05) is 0 Å². The number of rotatable bonds is 5. The van der Waals surface area contributed by atoms with Gasteiger partial charge >= 0.3 is 0 Å². The number of hydrazine groups is 1. The number of carbonyl (C=O) groups excluding carboxylic acids is 3. The first kappa shape index (κ1) is 16.1. The standard InChI is InChI=1S/C15H18FN3O3/c1-3-4-12(15(22)19(17)8-20)18-7-11-10(14(18)21)6-5-9(2)13(11)16/h5-6,8,12H,3-4,7,17H2,1-2H3. The quantitative estimate of drug-likeness (QED) is 0.382. The highest BCUT2D eigenvalue weighted by Gasteiger charge is 2.38. The molecule has 1 aliphatic rings. The molecular weight excluding hydrogens is 289 g/mol. The van der Waals surface area contributed by atoms with E-state index in [0.717, 1.165) is 0 Å². The first-order chi connectivity index (χ1) is 10.4. The Labute approximate surface area is 127 Å². The smallest absolute Gasteiger partial charge is 0.266 e. The predicted molar refractivity (Wildman–Crippen MR) is 76.8 cm³/mol. The molecule has 3 amide bonds. The van der Waals surface area contributed by atoms with E-state index >= 15 is 0 Å². The van der Waals surface area contributed by atoms with Crippen molar-refractivity contribution >= 4 is 18.2 Å². The summed E-state index contributed by atoms with van der Waals surface area (Å²) in [7, 11) is 0. The Morgan fingerprint density at radius 2 is 2.23 bits per heavy atom. The topological polar surface area (TPSA) is 83.7 Å². The number of imide groups is 1. The van der Waals surface area contributed by atoms with Gasteiger partial charge in [-0.3, -0.25) is 14.4 Å². The molecule has 1 aromatic rings. The van der Waals surface area contributed by atoms with Crippen LogP contribution in [0, 0.1) is 12.7 Å². The summed E-state index contributed by atoms with van der Waals surface area (Å²) in [4.78, 5) is 36.6. The average Bonchev–Trinajstić information content (AvgIpc) is 2.84. The molecule has 1 aliphatic heterocycles. The van der Waals surface area contributed by atoms with Crippen molar-refractivity contribution in [1.82, 2.24) is 9.91 Å². The summed E-state index contributed by atoms with van der Waals surface area (Å²) in [6.45, 7) is 3.47. The third-order valence-corrected chi connectivity index (χ3v) is 3.85. The van der Waals surface area contributed by atoms with Gasteiger partial charge in [0.15, 0.2) is 0 Å². The Bertz CT molecular complexity index is 633. The molecule has 0 fully saturated rings. The lowest BCUT2D eigenvalue weighted by Gasteiger charge is -2.27. The second-order valence-corrected chi connectivity index (χ2v) is 5.31. The first-order valence-electron chi connectivity index (χ1n) is 7.04. The molecule has 0 spiro atoms. The number of hydrogen-bond acceptors (Lipinski definition) is 4. The van der Waals surface area contributed by atoms with Crippen molar-refractivity contribution in [3.63, 3.8) is 0 Å². The molecule has 1 aromatic carbocycles. The van der Waals surface area contributed by atoms with E-state index in [0.29, 0.717) is 23.4 Å². The fraction of sp³-hybridized carbons (Fsp3) is 0.400. The molecule has 0 aliphatic carbocycles. The van der Waals surface area contributed by atoms with Crippen LogP contribution in [0.5, 0.6) is 0 Å². The Hall–Kier alpha value is -2.28. The number of fused-ring (bicyclic) bond motifs is 1. The maximum Gasteiger partial charge on any atom is 0.266 e. The van der Waals surface area contributed by atoms with Crippen LogP contribution < -0.4 is 5.84 Å². The maximum absolute atomic E-state index is 14.2. The molecule has 2 rings (SSSR count). The summed E-state index contributed by atoms with van der Waals surface area (Å²) in [6, 6.07) is 2.22. The van der Waals surface area contributed by atoms with Gasteiger partial charge in [0.2, 0.25) is 6.41 Å². The minimum Gasteiger partial charge on any atom is -0.322 e. The van der Waals surface area contributed by atoms with Crippen molar-refractivity contribution in [1.29, 1.82) is 0 Å². The first-order valence-corrected chi connectivity index (χ1v) is 7.04. The minimum absolute atomic E-state index is 0.00475. The van der Waals surface area contributed by atoms with E-state index < -0.39 is 23.7 Å². The number of carbonyl (C=O) groups is 3. The molecule has 7 heteroatoms. The van der Waals surface area contributed by atoms with E-state index in [1.165, 1.54) is 11.0 Å². The molecule has 6 nitrogen and oxygen atoms in total. The average molecular weight is 307 g/mol. The summed E-state index contributed by atoms with van der Waals surface area (Å²) in [5.41, 5.74) is 0.986. The van der Waals surface area contributed by atoms with Gasteiger partial charge in [0.05, 0.1) is 6.54 Å². The number of amides is 3. The molecule has 22 heavy (non-hydrogen) atoms. The largest absolute Gasteiger partial charge is 0.322 e. The Morgan fingerprint density at radius 3 is 2.82 bits per heavy atom. The van der Waals surface area contributed by atoms with Crippen LogP contribution in [0.4, 0.5) is 4.39 Å². The lowest BCUT2D eigenvalue weighted by Crippen LogP contribution is -2.50. The molecule has 118 valence electrons. The lowest BCUT2D eigenvalue weighted by molar-refractivity contribution is -0.142. The third-order valence-electron chi connectivity index (χ3n) is 3.85. The molecule has 0 radical (unpaired) electrons. The summed E-state index contributed by atoms with van der Waals surface area (Å²) >= 11 is 0. The number of benzene rings is 1. The van der Waals surface area contributed by atoms with Crippen LogP contribution in [0.2, 0.25) is 0 Å². The monoisotopic (exact) mass is 307 g/mol. The van der Waals surface area contributed by atoms with Crippen molar-refractivity contribution < 1.29 is 18.8 Å². The van der Waals surface area contributed by atoms with Crippen LogP contribution in [0.1, 0.15) is 41.3 Å². The van der Waals surface area contributed by atoms with Crippen molar-refractivity contribution in [3.05, 3.63) is 34.6 Å². The summed E-state index contributed by atoms with van der Waals surface area (Å²) in [5, 5.41) is 0.429. The number of halogens is 1. The molecule has 0 saturated carbocycles. The zero-order chi connectivity index (χ0) is 16.4. The highest BCUT2D eigenvalue weighted by molar-refractivity contribution is 6.02. The normalized spacial score (nSPS) is 14.7. The molecule has 1 atom stereocenters. The second-order valence-electron chi connectivity index (χ2n) is 5.31. The zero-order valence-corrected chi connectivity index (χ0v) is 12.5. The Morgan fingerprint density at radius 1 is 1.55 bits per heavy atom. The van der Waals surface area contributed by atoms with E-state index in [4.69, 9.17) is 5.84 Å². The molecule has 2 N–H and O–H groups in total. The SMILES string of the molecule is CCCC(C(=O)N(N)C=O)N1Cc2c(ccc(C)c2F)C1=O. The van der Waals surface area contributed by atoms with E-state index in [1.807, 2.05) is 6.92 Å². The van der Waals surface area contributed by atoms with Crippen LogP contribution in [0.15, 0.2) is 12.1 Å².